The second kappa shape index (κ2) is 7.26. The fraction of sp³-hybridized carbons (Fsp3) is 0.500. The first kappa shape index (κ1) is 15.7. The highest BCUT2D eigenvalue weighted by atomic mass is 14.2. The molecule has 1 aromatic rings. The minimum atomic E-state index is 0.379. The summed E-state index contributed by atoms with van der Waals surface area (Å²) in [6.07, 6.45) is 2.27. The first-order chi connectivity index (χ1) is 8.69. The van der Waals surface area contributed by atoms with Crippen LogP contribution in [0, 0.1) is 0 Å². The Bertz CT molecular complexity index is 295. The van der Waals surface area contributed by atoms with Crippen LogP contribution in [0.2, 0.25) is 0 Å². The molecule has 0 N–H and O–H groups in total. The van der Waals surface area contributed by atoms with Crippen molar-refractivity contribution < 1.29 is 0 Å². The average molecular weight is 221 g/mol. The van der Waals surface area contributed by atoms with E-state index in [-0.39, 0.29) is 0 Å². The number of rotatable bonds is 6. The van der Waals surface area contributed by atoms with Crippen LogP contribution in [-0.4, -0.2) is 47.1 Å². The Morgan fingerprint density at radius 2 is 0.444 bits per heavy atom. The van der Waals surface area contributed by atoms with Gasteiger partial charge < -0.3 is 0 Å². The quantitative estimate of drug-likeness (QED) is 0.578. The van der Waals surface area contributed by atoms with Gasteiger partial charge in [-0.1, -0.05) is 71.3 Å². The Labute approximate surface area is 119 Å². The van der Waals surface area contributed by atoms with E-state index in [1.807, 2.05) is 0 Å². The van der Waals surface area contributed by atoms with Crippen LogP contribution in [-0.2, 0) is 37.9 Å². The van der Waals surface area contributed by atoms with Crippen LogP contribution in [0.15, 0.2) is 0 Å². The van der Waals surface area contributed by atoms with Crippen molar-refractivity contribution in [3.63, 3.8) is 0 Å². The summed E-state index contributed by atoms with van der Waals surface area (Å²) >= 11 is 0. The molecule has 0 bridgehead atoms. The van der Waals surface area contributed by atoms with Crippen molar-refractivity contribution in [3.8, 4) is 0 Å². The Balaban J connectivity index is 3.71. The fourth-order valence-corrected chi connectivity index (χ4v) is 2.57. The predicted molar refractivity (Wildman–Crippen MR) is 83.2 cm³/mol. The molecule has 0 aliphatic rings. The summed E-state index contributed by atoms with van der Waals surface area (Å²) in [5, 5.41) is 0. The van der Waals surface area contributed by atoms with Crippen molar-refractivity contribution in [2.75, 3.05) is 0 Å². The summed E-state index contributed by atoms with van der Waals surface area (Å²) in [5.41, 5.74) is 5.82. The van der Waals surface area contributed by atoms with Gasteiger partial charge in [-0.25, -0.2) is 0 Å². The van der Waals surface area contributed by atoms with Crippen LogP contribution in [0.25, 0.3) is 0 Å². The molecular formula is C12H12B6. The molecule has 0 aliphatic heterocycles. The van der Waals surface area contributed by atoms with Crippen LogP contribution < -0.4 is 0 Å². The molecule has 0 unspecified atom stereocenters. The first-order valence-electron chi connectivity index (χ1n) is 6.07. The second-order valence-corrected chi connectivity index (χ2v) is 4.10. The third-order valence-corrected chi connectivity index (χ3v) is 3.41. The number of hydrogen-bond donors (Lipinski definition) is 0. The zero-order chi connectivity index (χ0) is 13.7. The maximum Gasteiger partial charge on any atom is 0.0716 e. The Hall–Kier alpha value is -0.390. The molecule has 0 nitrogen and oxygen atoms in total. The van der Waals surface area contributed by atoms with Crippen LogP contribution in [0.5, 0.6) is 0 Å². The average Bonchev–Trinajstić information content (AvgIpc) is 2.43. The number of benzene rings is 1. The SMILES string of the molecule is [B]Cc1c(C[B])c(C[B])c(C[B])c(C[B])c1C[B]. The van der Waals surface area contributed by atoms with E-state index in [4.69, 9.17) is 47.1 Å². The molecule has 0 aliphatic carbocycles. The van der Waals surface area contributed by atoms with Crippen molar-refractivity contribution >= 4 is 47.1 Å². The molecular weight excluding hydrogens is 209 g/mol. The zero-order valence-electron chi connectivity index (χ0n) is 10.7. The Morgan fingerprint density at radius 3 is 0.500 bits per heavy atom. The van der Waals surface area contributed by atoms with Crippen molar-refractivity contribution in [1.82, 2.24) is 0 Å². The molecule has 0 atom stereocenters. The molecule has 0 amide bonds. The monoisotopic (exact) mass is 222 g/mol. The molecule has 6 heteroatoms. The summed E-state index contributed by atoms with van der Waals surface area (Å²) in [6.45, 7) is 0. The van der Waals surface area contributed by atoms with Gasteiger partial charge in [0.1, 0.15) is 0 Å². The predicted octanol–water partition coefficient (Wildman–Crippen LogP) is -0.302. The van der Waals surface area contributed by atoms with Crippen LogP contribution in [0.1, 0.15) is 33.4 Å². The first-order valence-corrected chi connectivity index (χ1v) is 6.07. The van der Waals surface area contributed by atoms with Crippen LogP contribution >= 0.6 is 0 Å². The topological polar surface area (TPSA) is 0 Å². The standard InChI is InChI=1S/C12H12B6/c13-1-7-8(2-14)10(4-16)12(6-18)11(5-17)9(7)3-15/h1-6H2. The lowest BCUT2D eigenvalue weighted by Crippen LogP contribution is -2.15. The summed E-state index contributed by atoms with van der Waals surface area (Å²) in [5.74, 6) is 0. The van der Waals surface area contributed by atoms with Gasteiger partial charge in [0.05, 0.1) is 47.1 Å². The molecule has 12 radical (unpaired) electrons. The molecule has 78 valence electrons. The van der Waals surface area contributed by atoms with Crippen molar-refractivity contribution in [1.29, 1.82) is 0 Å². The maximum atomic E-state index is 5.82. The summed E-state index contributed by atoms with van der Waals surface area (Å²) in [7, 11) is 34.9. The van der Waals surface area contributed by atoms with E-state index in [9.17, 15) is 0 Å². The third-order valence-electron chi connectivity index (χ3n) is 3.41. The summed E-state index contributed by atoms with van der Waals surface area (Å²) in [4.78, 5) is 0. The van der Waals surface area contributed by atoms with E-state index >= 15 is 0 Å². The highest BCUT2D eigenvalue weighted by molar-refractivity contribution is 6.15. The van der Waals surface area contributed by atoms with Gasteiger partial charge >= 0.3 is 0 Å². The molecule has 0 heterocycles. The third kappa shape index (κ3) is 2.63. The van der Waals surface area contributed by atoms with Crippen LogP contribution in [0.4, 0.5) is 0 Å². The smallest absolute Gasteiger partial charge is 0.0638 e. The molecule has 0 spiro atoms. The summed E-state index contributed by atoms with van der Waals surface area (Å²) < 4.78 is 0. The number of hydrogen-bond acceptors (Lipinski definition) is 0. The summed E-state index contributed by atoms with van der Waals surface area (Å²) in [6, 6.07) is 0. The van der Waals surface area contributed by atoms with Gasteiger partial charge in [0.15, 0.2) is 0 Å². The highest BCUT2D eigenvalue weighted by Gasteiger charge is 2.17. The Kier molecular flexibility index (Phi) is 6.32. The molecule has 0 fully saturated rings. The highest BCUT2D eigenvalue weighted by Crippen LogP contribution is 2.29. The lowest BCUT2D eigenvalue weighted by atomic mass is 9.69. The lowest BCUT2D eigenvalue weighted by molar-refractivity contribution is 1.06. The van der Waals surface area contributed by atoms with Gasteiger partial charge in [0, 0.05) is 0 Å². The molecule has 18 heavy (non-hydrogen) atoms. The van der Waals surface area contributed by atoms with Crippen LogP contribution in [0.3, 0.4) is 0 Å². The minimum absolute atomic E-state index is 0.379. The van der Waals surface area contributed by atoms with Crippen molar-refractivity contribution in [2.45, 2.75) is 37.9 Å². The molecule has 1 aromatic carbocycles. The van der Waals surface area contributed by atoms with Crippen molar-refractivity contribution in [2.24, 2.45) is 0 Å². The van der Waals surface area contributed by atoms with E-state index < -0.39 is 0 Å². The van der Waals surface area contributed by atoms with E-state index in [1.54, 1.807) is 0 Å². The van der Waals surface area contributed by atoms with Crippen molar-refractivity contribution in [3.05, 3.63) is 33.4 Å². The lowest BCUT2D eigenvalue weighted by Gasteiger charge is -2.25. The minimum Gasteiger partial charge on any atom is -0.0638 e. The largest absolute Gasteiger partial charge is 0.0716 e. The van der Waals surface area contributed by atoms with Gasteiger partial charge in [0.25, 0.3) is 0 Å². The molecule has 0 saturated carbocycles. The van der Waals surface area contributed by atoms with Gasteiger partial charge in [-0.05, 0) is 0 Å². The van der Waals surface area contributed by atoms with E-state index in [2.05, 4.69) is 0 Å². The fourth-order valence-electron chi connectivity index (χ4n) is 2.57. The molecule has 0 aromatic heterocycles. The van der Waals surface area contributed by atoms with Gasteiger partial charge in [0.2, 0.25) is 0 Å². The molecule has 1 rings (SSSR count). The second-order valence-electron chi connectivity index (χ2n) is 4.10. The normalized spacial score (nSPS) is 10.7. The van der Waals surface area contributed by atoms with E-state index in [0.717, 1.165) is 33.4 Å². The van der Waals surface area contributed by atoms with Gasteiger partial charge in [-0.15, -0.1) is 0 Å². The van der Waals surface area contributed by atoms with E-state index in [1.165, 1.54) is 0 Å². The molecule has 0 saturated heterocycles. The Morgan fingerprint density at radius 1 is 0.333 bits per heavy atom. The van der Waals surface area contributed by atoms with E-state index in [0.29, 0.717) is 37.9 Å². The van der Waals surface area contributed by atoms with Gasteiger partial charge in [-0.3, -0.25) is 0 Å². The maximum absolute atomic E-state index is 5.82. The van der Waals surface area contributed by atoms with Gasteiger partial charge in [-0.2, -0.15) is 0 Å². The zero-order valence-corrected chi connectivity index (χ0v) is 10.7.